The molecular weight excluding hydrogens is 226 g/mol. The van der Waals surface area contributed by atoms with Gasteiger partial charge in [0.25, 0.3) is 0 Å². The molecule has 2 atom stereocenters. The summed E-state index contributed by atoms with van der Waals surface area (Å²) >= 11 is 0. The summed E-state index contributed by atoms with van der Waals surface area (Å²) in [6.07, 6.45) is 9.22. The third kappa shape index (κ3) is 4.22. The van der Waals surface area contributed by atoms with Crippen LogP contribution >= 0.6 is 0 Å². The van der Waals surface area contributed by atoms with Gasteiger partial charge < -0.3 is 14.7 Å². The molecular formula is C15H29NO2. The number of nitrogens with zero attached hydrogens (tertiary/aromatic N) is 1. The van der Waals surface area contributed by atoms with E-state index >= 15 is 0 Å². The van der Waals surface area contributed by atoms with Gasteiger partial charge in [-0.25, -0.2) is 0 Å². The summed E-state index contributed by atoms with van der Waals surface area (Å²) in [6, 6.07) is 0. The quantitative estimate of drug-likeness (QED) is 0.819. The van der Waals surface area contributed by atoms with E-state index in [1.807, 2.05) is 0 Å². The van der Waals surface area contributed by atoms with Crippen LogP contribution in [-0.4, -0.2) is 48.0 Å². The molecule has 0 aromatic rings. The fraction of sp³-hybridized carbons (Fsp3) is 1.00. The van der Waals surface area contributed by atoms with E-state index < -0.39 is 5.60 Å². The zero-order chi connectivity index (χ0) is 12.8. The van der Waals surface area contributed by atoms with Gasteiger partial charge in [0.2, 0.25) is 0 Å². The van der Waals surface area contributed by atoms with Crippen molar-refractivity contribution in [3.8, 4) is 0 Å². The Morgan fingerprint density at radius 1 is 1.28 bits per heavy atom. The maximum absolute atomic E-state index is 10.7. The maximum Gasteiger partial charge on any atom is 0.0660 e. The van der Waals surface area contributed by atoms with Crippen molar-refractivity contribution in [2.75, 3.05) is 26.2 Å². The summed E-state index contributed by atoms with van der Waals surface area (Å²) in [5.41, 5.74) is -0.400. The lowest BCUT2D eigenvalue weighted by atomic mass is 9.88. The molecule has 0 aromatic heterocycles. The van der Waals surface area contributed by atoms with Crippen LogP contribution in [0.3, 0.4) is 0 Å². The molecule has 0 bridgehead atoms. The molecule has 2 saturated heterocycles. The highest BCUT2D eigenvalue weighted by Crippen LogP contribution is 2.29. The monoisotopic (exact) mass is 255 g/mol. The smallest absolute Gasteiger partial charge is 0.0660 e. The predicted octanol–water partition coefficient (Wildman–Crippen LogP) is 2.57. The summed E-state index contributed by atoms with van der Waals surface area (Å²) in [6.45, 7) is 6.49. The Hall–Kier alpha value is -0.120. The predicted molar refractivity (Wildman–Crippen MR) is 73.7 cm³/mol. The number of likely N-dealkylation sites (tertiary alicyclic amines) is 1. The molecule has 3 heteroatoms. The van der Waals surface area contributed by atoms with Gasteiger partial charge in [-0.2, -0.15) is 0 Å². The first kappa shape index (κ1) is 14.3. The minimum absolute atomic E-state index is 0.400. The Balaban J connectivity index is 1.69. The van der Waals surface area contributed by atoms with Gasteiger partial charge in [-0.05, 0) is 64.5 Å². The fourth-order valence-electron chi connectivity index (χ4n) is 3.33. The molecule has 0 saturated carbocycles. The molecule has 2 fully saturated rings. The molecule has 3 nitrogen and oxygen atoms in total. The Morgan fingerprint density at radius 3 is 2.89 bits per heavy atom. The molecule has 2 heterocycles. The lowest BCUT2D eigenvalue weighted by Gasteiger charge is -2.27. The summed E-state index contributed by atoms with van der Waals surface area (Å²) < 4.78 is 5.64. The Bertz CT molecular complexity index is 241. The fourth-order valence-corrected chi connectivity index (χ4v) is 3.33. The van der Waals surface area contributed by atoms with Gasteiger partial charge >= 0.3 is 0 Å². The zero-order valence-corrected chi connectivity index (χ0v) is 11.9. The molecule has 18 heavy (non-hydrogen) atoms. The van der Waals surface area contributed by atoms with Crippen LogP contribution in [0.5, 0.6) is 0 Å². The second-order valence-corrected chi connectivity index (χ2v) is 6.04. The SMILES string of the molecule is CCN1CCCC(O)(CCCC2CCCO2)CC1. The van der Waals surface area contributed by atoms with Gasteiger partial charge in [-0.3, -0.25) is 0 Å². The molecule has 0 radical (unpaired) electrons. The topological polar surface area (TPSA) is 32.7 Å². The lowest BCUT2D eigenvalue weighted by Crippen LogP contribution is -2.31. The standard InChI is InChI=1S/C15H29NO2/c1-2-16-11-5-9-15(17,10-12-16)8-3-6-14-7-4-13-18-14/h14,17H,2-13H2,1H3. The van der Waals surface area contributed by atoms with Crippen molar-refractivity contribution in [3.05, 3.63) is 0 Å². The van der Waals surface area contributed by atoms with Gasteiger partial charge in [-0.1, -0.05) is 6.92 Å². The van der Waals surface area contributed by atoms with E-state index in [4.69, 9.17) is 4.74 Å². The lowest BCUT2D eigenvalue weighted by molar-refractivity contribution is 0.0102. The van der Waals surface area contributed by atoms with Gasteiger partial charge in [0, 0.05) is 13.2 Å². The molecule has 1 N–H and O–H groups in total. The van der Waals surface area contributed by atoms with Gasteiger partial charge in [0.05, 0.1) is 11.7 Å². The van der Waals surface area contributed by atoms with E-state index in [0.29, 0.717) is 6.10 Å². The number of rotatable bonds is 5. The Morgan fingerprint density at radius 2 is 2.17 bits per heavy atom. The average Bonchev–Trinajstić information content (AvgIpc) is 2.79. The molecule has 2 aliphatic rings. The van der Waals surface area contributed by atoms with E-state index in [0.717, 1.165) is 64.8 Å². The van der Waals surface area contributed by atoms with Gasteiger partial charge in [0.1, 0.15) is 0 Å². The van der Waals surface area contributed by atoms with Crippen LogP contribution in [-0.2, 0) is 4.74 Å². The van der Waals surface area contributed by atoms with E-state index in [9.17, 15) is 5.11 Å². The number of hydrogen-bond acceptors (Lipinski definition) is 3. The molecule has 2 rings (SSSR count). The molecule has 106 valence electrons. The van der Waals surface area contributed by atoms with E-state index in [-0.39, 0.29) is 0 Å². The number of hydrogen-bond donors (Lipinski definition) is 1. The summed E-state index contributed by atoms with van der Waals surface area (Å²) in [4.78, 5) is 2.46. The van der Waals surface area contributed by atoms with E-state index in [1.54, 1.807) is 0 Å². The summed E-state index contributed by atoms with van der Waals surface area (Å²) in [5.74, 6) is 0. The van der Waals surface area contributed by atoms with Crippen LogP contribution in [0.1, 0.15) is 58.3 Å². The third-order valence-corrected chi connectivity index (χ3v) is 4.65. The van der Waals surface area contributed by atoms with Crippen LogP contribution in [0.2, 0.25) is 0 Å². The van der Waals surface area contributed by atoms with Crippen molar-refractivity contribution in [3.63, 3.8) is 0 Å². The second-order valence-electron chi connectivity index (χ2n) is 6.04. The van der Waals surface area contributed by atoms with Crippen LogP contribution in [0.25, 0.3) is 0 Å². The minimum Gasteiger partial charge on any atom is -0.390 e. The highest BCUT2D eigenvalue weighted by Gasteiger charge is 2.29. The average molecular weight is 255 g/mol. The second kappa shape index (κ2) is 6.88. The number of aliphatic hydroxyl groups is 1. The first-order chi connectivity index (χ1) is 8.72. The van der Waals surface area contributed by atoms with E-state index in [1.165, 1.54) is 12.8 Å². The van der Waals surface area contributed by atoms with Crippen LogP contribution in [0, 0.1) is 0 Å². The van der Waals surface area contributed by atoms with Crippen molar-refractivity contribution in [2.24, 2.45) is 0 Å². The highest BCUT2D eigenvalue weighted by atomic mass is 16.5. The zero-order valence-electron chi connectivity index (χ0n) is 11.9. The molecule has 0 amide bonds. The minimum atomic E-state index is -0.400. The summed E-state index contributed by atoms with van der Waals surface area (Å²) in [7, 11) is 0. The Kier molecular flexibility index (Phi) is 5.46. The molecule has 0 aliphatic carbocycles. The van der Waals surface area contributed by atoms with Crippen molar-refractivity contribution >= 4 is 0 Å². The molecule has 2 unspecified atom stereocenters. The van der Waals surface area contributed by atoms with Crippen molar-refractivity contribution in [1.82, 2.24) is 4.90 Å². The molecule has 0 spiro atoms. The molecule has 2 aliphatic heterocycles. The van der Waals surface area contributed by atoms with Crippen molar-refractivity contribution in [1.29, 1.82) is 0 Å². The number of ether oxygens (including phenoxy) is 1. The van der Waals surface area contributed by atoms with Gasteiger partial charge in [0.15, 0.2) is 0 Å². The van der Waals surface area contributed by atoms with Crippen LogP contribution in [0.15, 0.2) is 0 Å². The largest absolute Gasteiger partial charge is 0.390 e. The van der Waals surface area contributed by atoms with Gasteiger partial charge in [-0.15, -0.1) is 0 Å². The highest BCUT2D eigenvalue weighted by molar-refractivity contribution is 4.83. The van der Waals surface area contributed by atoms with Crippen LogP contribution < -0.4 is 0 Å². The first-order valence-corrected chi connectivity index (χ1v) is 7.78. The first-order valence-electron chi connectivity index (χ1n) is 7.78. The Labute approximate surface area is 112 Å². The third-order valence-electron chi connectivity index (χ3n) is 4.65. The van der Waals surface area contributed by atoms with Crippen molar-refractivity contribution < 1.29 is 9.84 Å². The summed E-state index contributed by atoms with van der Waals surface area (Å²) in [5, 5.41) is 10.7. The normalized spacial score (nSPS) is 34.7. The van der Waals surface area contributed by atoms with Crippen LogP contribution in [0.4, 0.5) is 0 Å². The van der Waals surface area contributed by atoms with E-state index in [2.05, 4.69) is 11.8 Å². The van der Waals surface area contributed by atoms with Crippen molar-refractivity contribution in [2.45, 2.75) is 70.0 Å². The maximum atomic E-state index is 10.7. The molecule has 0 aromatic carbocycles.